The van der Waals surface area contributed by atoms with E-state index >= 15 is 0 Å². The predicted octanol–water partition coefficient (Wildman–Crippen LogP) is 0.733. The largest absolute Gasteiger partial charge is 0.479 e. The SMILES string of the molecule is O=C(c1cn(-c2ccc(C(F)(F)F)cn2)nn1)N1CCC(O)(C(=O)O)CC1. The summed E-state index contributed by atoms with van der Waals surface area (Å²) in [6.07, 6.45) is -2.89. The van der Waals surface area contributed by atoms with Gasteiger partial charge in [0.1, 0.15) is 0 Å². The third-order valence-electron chi connectivity index (χ3n) is 4.30. The first-order valence-corrected chi connectivity index (χ1v) is 7.81. The van der Waals surface area contributed by atoms with Crippen LogP contribution in [0.2, 0.25) is 0 Å². The molecule has 12 heteroatoms. The first-order valence-electron chi connectivity index (χ1n) is 7.81. The Morgan fingerprint density at radius 3 is 2.37 bits per heavy atom. The van der Waals surface area contributed by atoms with Crippen LogP contribution in [0.4, 0.5) is 13.2 Å². The van der Waals surface area contributed by atoms with Gasteiger partial charge in [-0.3, -0.25) is 4.79 Å². The van der Waals surface area contributed by atoms with Crippen LogP contribution in [0.15, 0.2) is 24.5 Å². The fraction of sp³-hybridized carbons (Fsp3) is 0.400. The Labute approximate surface area is 150 Å². The molecule has 0 atom stereocenters. The highest BCUT2D eigenvalue weighted by Crippen LogP contribution is 2.28. The number of hydrogen-bond acceptors (Lipinski definition) is 6. The summed E-state index contributed by atoms with van der Waals surface area (Å²) in [6.45, 7) is 0.0417. The van der Waals surface area contributed by atoms with E-state index in [1.54, 1.807) is 0 Å². The van der Waals surface area contributed by atoms with E-state index < -0.39 is 29.2 Å². The zero-order chi connectivity index (χ0) is 19.8. The number of aliphatic carboxylic acids is 1. The molecule has 0 unspecified atom stereocenters. The summed E-state index contributed by atoms with van der Waals surface area (Å²) in [6, 6.07) is 1.93. The lowest BCUT2D eigenvalue weighted by atomic mass is 9.91. The molecule has 1 aliphatic rings. The molecule has 1 amide bonds. The number of amides is 1. The Hall–Kier alpha value is -3.02. The summed E-state index contributed by atoms with van der Waals surface area (Å²) in [7, 11) is 0. The second-order valence-electron chi connectivity index (χ2n) is 6.08. The average molecular weight is 385 g/mol. The summed E-state index contributed by atoms with van der Waals surface area (Å²) < 4.78 is 38.7. The Bertz CT molecular complexity index is 857. The van der Waals surface area contributed by atoms with E-state index in [0.29, 0.717) is 6.20 Å². The monoisotopic (exact) mass is 385 g/mol. The lowest BCUT2D eigenvalue weighted by molar-refractivity contribution is -0.162. The molecule has 0 aliphatic carbocycles. The van der Waals surface area contributed by atoms with Crippen LogP contribution in [-0.2, 0) is 11.0 Å². The van der Waals surface area contributed by atoms with Gasteiger partial charge in [-0.2, -0.15) is 13.2 Å². The number of piperidine rings is 1. The maximum atomic E-state index is 12.6. The van der Waals surface area contributed by atoms with Crippen molar-refractivity contribution in [2.75, 3.05) is 13.1 Å². The number of carboxylic acids is 1. The molecule has 2 N–H and O–H groups in total. The Morgan fingerprint density at radius 2 is 1.85 bits per heavy atom. The van der Waals surface area contributed by atoms with Crippen molar-refractivity contribution in [1.82, 2.24) is 24.9 Å². The van der Waals surface area contributed by atoms with Gasteiger partial charge in [0.25, 0.3) is 5.91 Å². The van der Waals surface area contributed by atoms with E-state index in [-0.39, 0.29) is 37.4 Å². The van der Waals surface area contributed by atoms with Crippen LogP contribution in [-0.4, -0.2) is 65.7 Å². The Kier molecular flexibility index (Phi) is 4.59. The summed E-state index contributed by atoms with van der Waals surface area (Å²) in [4.78, 5) is 28.4. The van der Waals surface area contributed by atoms with Gasteiger partial charge in [-0.25, -0.2) is 14.5 Å². The van der Waals surface area contributed by atoms with Crippen LogP contribution in [0.3, 0.4) is 0 Å². The second-order valence-corrected chi connectivity index (χ2v) is 6.08. The summed E-state index contributed by atoms with van der Waals surface area (Å²) in [5, 5.41) is 26.2. The number of hydrogen-bond donors (Lipinski definition) is 2. The number of aromatic nitrogens is 4. The van der Waals surface area contributed by atoms with Gasteiger partial charge < -0.3 is 15.1 Å². The van der Waals surface area contributed by atoms with Crippen LogP contribution >= 0.6 is 0 Å². The lowest BCUT2D eigenvalue weighted by Gasteiger charge is -2.34. The van der Waals surface area contributed by atoms with Crippen molar-refractivity contribution in [3.63, 3.8) is 0 Å². The van der Waals surface area contributed by atoms with Gasteiger partial charge in [0.15, 0.2) is 17.1 Å². The van der Waals surface area contributed by atoms with Crippen LogP contribution in [0, 0.1) is 0 Å². The molecule has 1 fully saturated rings. The second kappa shape index (κ2) is 6.61. The normalized spacial score (nSPS) is 17.0. The maximum Gasteiger partial charge on any atom is 0.417 e. The minimum atomic E-state index is -4.51. The van der Waals surface area contributed by atoms with E-state index in [1.807, 2.05) is 0 Å². The number of halogens is 3. The van der Waals surface area contributed by atoms with E-state index in [2.05, 4.69) is 15.3 Å². The fourth-order valence-electron chi connectivity index (χ4n) is 2.62. The van der Waals surface area contributed by atoms with Crippen molar-refractivity contribution < 1.29 is 33.0 Å². The van der Waals surface area contributed by atoms with Crippen LogP contribution < -0.4 is 0 Å². The molecule has 27 heavy (non-hydrogen) atoms. The highest BCUT2D eigenvalue weighted by molar-refractivity contribution is 5.92. The highest BCUT2D eigenvalue weighted by atomic mass is 19.4. The summed E-state index contributed by atoms with van der Waals surface area (Å²) in [5.74, 6) is -1.82. The van der Waals surface area contributed by atoms with Crippen molar-refractivity contribution in [3.8, 4) is 5.82 Å². The Morgan fingerprint density at radius 1 is 1.19 bits per heavy atom. The smallest absolute Gasteiger partial charge is 0.417 e. The lowest BCUT2D eigenvalue weighted by Crippen LogP contribution is -2.50. The molecule has 1 aliphatic heterocycles. The van der Waals surface area contributed by atoms with Crippen molar-refractivity contribution in [2.24, 2.45) is 0 Å². The van der Waals surface area contributed by atoms with Gasteiger partial charge in [0.05, 0.1) is 11.8 Å². The van der Waals surface area contributed by atoms with Gasteiger partial charge in [-0.05, 0) is 12.1 Å². The summed E-state index contributed by atoms with van der Waals surface area (Å²) >= 11 is 0. The fourth-order valence-corrected chi connectivity index (χ4v) is 2.62. The number of aliphatic hydroxyl groups is 1. The third kappa shape index (κ3) is 3.74. The number of carboxylic acid groups (broad SMARTS) is 1. The Balaban J connectivity index is 1.71. The maximum absolute atomic E-state index is 12.6. The number of pyridine rings is 1. The quantitative estimate of drug-likeness (QED) is 0.799. The molecule has 0 radical (unpaired) electrons. The highest BCUT2D eigenvalue weighted by Gasteiger charge is 2.40. The van der Waals surface area contributed by atoms with Crippen LogP contribution in [0.5, 0.6) is 0 Å². The topological polar surface area (TPSA) is 121 Å². The number of carbonyl (C=O) groups excluding carboxylic acids is 1. The van der Waals surface area contributed by atoms with E-state index in [0.717, 1.165) is 16.8 Å². The van der Waals surface area contributed by atoms with Crippen LogP contribution in [0.1, 0.15) is 28.9 Å². The first-order chi connectivity index (χ1) is 12.6. The average Bonchev–Trinajstić information content (AvgIpc) is 3.11. The molecule has 1 saturated heterocycles. The number of carbonyl (C=O) groups is 2. The number of alkyl halides is 3. The van der Waals surface area contributed by atoms with Crippen molar-refractivity contribution in [1.29, 1.82) is 0 Å². The molecule has 0 saturated carbocycles. The zero-order valence-corrected chi connectivity index (χ0v) is 13.7. The molecule has 0 bridgehead atoms. The van der Waals surface area contributed by atoms with Crippen molar-refractivity contribution in [3.05, 3.63) is 35.8 Å². The zero-order valence-electron chi connectivity index (χ0n) is 13.7. The van der Waals surface area contributed by atoms with E-state index in [9.17, 15) is 27.9 Å². The molecule has 9 nitrogen and oxygen atoms in total. The van der Waals surface area contributed by atoms with E-state index in [4.69, 9.17) is 5.11 Å². The van der Waals surface area contributed by atoms with Crippen molar-refractivity contribution in [2.45, 2.75) is 24.6 Å². The minimum absolute atomic E-state index is 0.0209. The standard InChI is InChI=1S/C15H14F3N5O4/c16-15(17,18)9-1-2-11(19-7-9)23-8-10(20-21-23)12(24)22-5-3-14(27,4-6-22)13(25)26/h1-2,7-8,27H,3-6H2,(H,25,26). The van der Waals surface area contributed by atoms with Gasteiger partial charge >= 0.3 is 12.1 Å². The number of likely N-dealkylation sites (tertiary alicyclic amines) is 1. The number of nitrogens with zero attached hydrogens (tertiary/aromatic N) is 5. The molecule has 0 aromatic carbocycles. The van der Waals surface area contributed by atoms with E-state index in [1.165, 1.54) is 11.1 Å². The molecular weight excluding hydrogens is 371 g/mol. The molecule has 144 valence electrons. The molecule has 3 heterocycles. The minimum Gasteiger partial charge on any atom is -0.479 e. The van der Waals surface area contributed by atoms with Crippen LogP contribution in [0.25, 0.3) is 5.82 Å². The first kappa shape index (κ1) is 18.8. The molecular formula is C15H14F3N5O4. The molecule has 2 aromatic rings. The number of rotatable bonds is 3. The van der Waals surface area contributed by atoms with Gasteiger partial charge in [-0.1, -0.05) is 5.21 Å². The van der Waals surface area contributed by atoms with Gasteiger partial charge in [0, 0.05) is 32.1 Å². The van der Waals surface area contributed by atoms with Crippen molar-refractivity contribution >= 4 is 11.9 Å². The molecule has 2 aromatic heterocycles. The van der Waals surface area contributed by atoms with Gasteiger partial charge in [-0.15, -0.1) is 5.10 Å². The predicted molar refractivity (Wildman–Crippen MR) is 81.9 cm³/mol. The molecule has 3 rings (SSSR count). The molecule has 0 spiro atoms. The third-order valence-corrected chi connectivity index (χ3v) is 4.30. The van der Waals surface area contributed by atoms with Gasteiger partial charge in [0.2, 0.25) is 0 Å². The summed E-state index contributed by atoms with van der Waals surface area (Å²) in [5.41, 5.74) is -2.85.